The van der Waals surface area contributed by atoms with Crippen LogP contribution in [-0.4, -0.2) is 43.3 Å². The summed E-state index contributed by atoms with van der Waals surface area (Å²) in [6.45, 7) is 6.04. The third-order valence-electron chi connectivity index (χ3n) is 2.76. The fourth-order valence-corrected chi connectivity index (χ4v) is 1.66. The molecule has 0 bridgehead atoms. The van der Waals surface area contributed by atoms with Crippen molar-refractivity contribution in [1.29, 1.82) is 0 Å². The summed E-state index contributed by atoms with van der Waals surface area (Å²) in [7, 11) is 1.55. The molecule has 0 amide bonds. The average molecular weight is 281 g/mol. The van der Waals surface area contributed by atoms with Gasteiger partial charge in [0.25, 0.3) is 0 Å². The highest BCUT2D eigenvalue weighted by Crippen LogP contribution is 2.25. The van der Waals surface area contributed by atoms with Gasteiger partial charge in [0.1, 0.15) is 24.2 Å². The Hall–Kier alpha value is -1.59. The number of carbonyl (C=O) groups excluding carboxylic acids is 1. The number of methoxy groups -OCH3 is 1. The maximum absolute atomic E-state index is 11.5. The topological polar surface area (TPSA) is 67.8 Å². The van der Waals surface area contributed by atoms with Crippen LogP contribution in [-0.2, 0) is 0 Å². The van der Waals surface area contributed by atoms with Crippen LogP contribution >= 0.6 is 0 Å². The van der Waals surface area contributed by atoms with Gasteiger partial charge in [0.15, 0.2) is 5.78 Å². The van der Waals surface area contributed by atoms with Gasteiger partial charge in [-0.1, -0.05) is 13.8 Å². The number of ketones is 1. The Balaban J connectivity index is 2.67. The number of benzene rings is 1. The van der Waals surface area contributed by atoms with Gasteiger partial charge < -0.3 is 19.9 Å². The monoisotopic (exact) mass is 281 g/mol. The van der Waals surface area contributed by atoms with Gasteiger partial charge in [0.2, 0.25) is 0 Å². The molecule has 1 unspecified atom stereocenters. The van der Waals surface area contributed by atoms with E-state index in [0.717, 1.165) is 0 Å². The fraction of sp³-hybridized carbons (Fsp3) is 0.533. The number of aliphatic hydroxyl groups is 1. The Labute approximate surface area is 119 Å². The highest BCUT2D eigenvalue weighted by Gasteiger charge is 2.12. The van der Waals surface area contributed by atoms with Gasteiger partial charge in [-0.25, -0.2) is 0 Å². The van der Waals surface area contributed by atoms with E-state index in [-0.39, 0.29) is 12.4 Å². The number of hydrogen-bond acceptors (Lipinski definition) is 5. The number of hydrogen-bond donors (Lipinski definition) is 2. The van der Waals surface area contributed by atoms with Gasteiger partial charge >= 0.3 is 0 Å². The molecule has 0 aliphatic heterocycles. The molecule has 1 atom stereocenters. The van der Waals surface area contributed by atoms with Gasteiger partial charge in [-0.05, 0) is 19.1 Å². The molecule has 0 heterocycles. The van der Waals surface area contributed by atoms with Crippen LogP contribution in [0.25, 0.3) is 0 Å². The molecule has 0 fully saturated rings. The van der Waals surface area contributed by atoms with E-state index in [1.807, 2.05) is 13.8 Å². The summed E-state index contributed by atoms with van der Waals surface area (Å²) in [4.78, 5) is 11.5. The predicted octanol–water partition coefficient (Wildman–Crippen LogP) is 1.64. The Morgan fingerprint density at radius 3 is 2.65 bits per heavy atom. The van der Waals surface area contributed by atoms with Gasteiger partial charge in [-0.3, -0.25) is 4.79 Å². The number of carbonyl (C=O) groups is 1. The van der Waals surface area contributed by atoms with Crippen molar-refractivity contribution in [2.75, 3.05) is 20.3 Å². The van der Waals surface area contributed by atoms with E-state index >= 15 is 0 Å². The summed E-state index contributed by atoms with van der Waals surface area (Å²) in [5.41, 5.74) is 0.481. The summed E-state index contributed by atoms with van der Waals surface area (Å²) >= 11 is 0. The lowest BCUT2D eigenvalue weighted by Crippen LogP contribution is -2.35. The van der Waals surface area contributed by atoms with E-state index in [2.05, 4.69) is 5.32 Å². The molecule has 0 aliphatic rings. The van der Waals surface area contributed by atoms with Gasteiger partial charge in [0, 0.05) is 18.7 Å². The largest absolute Gasteiger partial charge is 0.497 e. The van der Waals surface area contributed by atoms with E-state index in [1.165, 1.54) is 6.92 Å². The van der Waals surface area contributed by atoms with E-state index < -0.39 is 6.10 Å². The van der Waals surface area contributed by atoms with Crippen LogP contribution in [0.5, 0.6) is 11.5 Å². The minimum atomic E-state index is -0.636. The molecule has 5 heteroatoms. The average Bonchev–Trinajstić information content (AvgIpc) is 2.42. The Bertz CT molecular complexity index is 445. The SMILES string of the molecule is COc1ccc(C(C)=O)c(OCC(O)CNC(C)C)c1. The third-order valence-corrected chi connectivity index (χ3v) is 2.76. The van der Waals surface area contributed by atoms with E-state index in [4.69, 9.17) is 9.47 Å². The zero-order valence-electron chi connectivity index (χ0n) is 12.5. The smallest absolute Gasteiger partial charge is 0.163 e. The normalized spacial score (nSPS) is 12.3. The van der Waals surface area contributed by atoms with E-state index in [0.29, 0.717) is 29.6 Å². The van der Waals surface area contributed by atoms with Crippen molar-refractivity contribution in [2.24, 2.45) is 0 Å². The van der Waals surface area contributed by atoms with Crippen molar-refractivity contribution in [3.63, 3.8) is 0 Å². The first-order valence-electron chi connectivity index (χ1n) is 6.67. The standard InChI is InChI=1S/C15H23NO4/c1-10(2)16-8-12(18)9-20-15-7-13(19-4)5-6-14(15)11(3)17/h5-7,10,12,16,18H,8-9H2,1-4H3. The maximum Gasteiger partial charge on any atom is 0.163 e. The first-order valence-corrected chi connectivity index (χ1v) is 6.67. The molecule has 1 aromatic rings. The molecule has 0 aliphatic carbocycles. The summed E-state index contributed by atoms with van der Waals surface area (Å²) in [6.07, 6.45) is -0.636. The van der Waals surface area contributed by atoms with Crippen LogP contribution in [0.15, 0.2) is 18.2 Å². The Morgan fingerprint density at radius 2 is 2.10 bits per heavy atom. The summed E-state index contributed by atoms with van der Waals surface area (Å²) in [5.74, 6) is 0.956. The summed E-state index contributed by atoms with van der Waals surface area (Å²) < 4.78 is 10.7. The van der Waals surface area contributed by atoms with Crippen LogP contribution in [0, 0.1) is 0 Å². The zero-order valence-corrected chi connectivity index (χ0v) is 12.5. The molecule has 20 heavy (non-hydrogen) atoms. The van der Waals surface area contributed by atoms with Crippen molar-refractivity contribution in [3.8, 4) is 11.5 Å². The minimum Gasteiger partial charge on any atom is -0.497 e. The lowest BCUT2D eigenvalue weighted by molar-refractivity contribution is 0.0967. The molecule has 0 aromatic heterocycles. The number of rotatable bonds is 8. The van der Waals surface area contributed by atoms with Gasteiger partial charge in [0.05, 0.1) is 12.7 Å². The molecule has 0 saturated carbocycles. The van der Waals surface area contributed by atoms with Crippen LogP contribution in [0.4, 0.5) is 0 Å². The number of nitrogens with one attached hydrogen (secondary N) is 1. The molecule has 0 radical (unpaired) electrons. The van der Waals surface area contributed by atoms with Crippen molar-refractivity contribution in [3.05, 3.63) is 23.8 Å². The molecule has 2 N–H and O–H groups in total. The third kappa shape index (κ3) is 5.19. The van der Waals surface area contributed by atoms with Crippen molar-refractivity contribution in [1.82, 2.24) is 5.32 Å². The summed E-state index contributed by atoms with van der Waals surface area (Å²) in [6, 6.07) is 5.32. The van der Waals surface area contributed by atoms with Gasteiger partial charge in [-0.15, -0.1) is 0 Å². The lowest BCUT2D eigenvalue weighted by atomic mass is 10.1. The second-order valence-electron chi connectivity index (χ2n) is 4.95. The van der Waals surface area contributed by atoms with Crippen molar-refractivity contribution in [2.45, 2.75) is 32.9 Å². The predicted molar refractivity (Wildman–Crippen MR) is 77.6 cm³/mol. The van der Waals surface area contributed by atoms with Crippen LogP contribution in [0.3, 0.4) is 0 Å². The van der Waals surface area contributed by atoms with Crippen LogP contribution < -0.4 is 14.8 Å². The molecular formula is C15H23NO4. The molecule has 1 rings (SSSR count). The maximum atomic E-state index is 11.5. The summed E-state index contributed by atoms with van der Waals surface area (Å²) in [5, 5.41) is 12.9. The molecule has 112 valence electrons. The zero-order chi connectivity index (χ0) is 15.1. The quantitative estimate of drug-likeness (QED) is 0.709. The van der Waals surface area contributed by atoms with Crippen LogP contribution in [0.1, 0.15) is 31.1 Å². The minimum absolute atomic E-state index is 0.0857. The molecule has 1 aromatic carbocycles. The molecule has 0 saturated heterocycles. The second kappa shape index (κ2) is 7.87. The van der Waals surface area contributed by atoms with E-state index in [9.17, 15) is 9.90 Å². The fourth-order valence-electron chi connectivity index (χ4n) is 1.66. The highest BCUT2D eigenvalue weighted by molar-refractivity contribution is 5.97. The highest BCUT2D eigenvalue weighted by atomic mass is 16.5. The lowest BCUT2D eigenvalue weighted by Gasteiger charge is -2.16. The second-order valence-corrected chi connectivity index (χ2v) is 4.95. The molecule has 5 nitrogen and oxygen atoms in total. The van der Waals surface area contributed by atoms with E-state index in [1.54, 1.807) is 25.3 Å². The van der Waals surface area contributed by atoms with Crippen molar-refractivity contribution < 1.29 is 19.4 Å². The van der Waals surface area contributed by atoms with Crippen molar-refractivity contribution >= 4 is 5.78 Å². The van der Waals surface area contributed by atoms with Crippen LogP contribution in [0.2, 0.25) is 0 Å². The number of ether oxygens (including phenoxy) is 2. The first kappa shape index (κ1) is 16.5. The number of Topliss-reactive ketones (excluding diaryl/α,β-unsaturated/α-hetero) is 1. The number of aliphatic hydroxyl groups excluding tert-OH is 1. The Kier molecular flexibility index (Phi) is 6.48. The Morgan fingerprint density at radius 1 is 1.40 bits per heavy atom. The first-order chi connectivity index (χ1) is 9.43. The van der Waals surface area contributed by atoms with Gasteiger partial charge in [-0.2, -0.15) is 0 Å². The molecular weight excluding hydrogens is 258 g/mol. The molecule has 0 spiro atoms.